The molecule has 0 heterocycles. The average Bonchev–Trinajstić information content (AvgIpc) is 3.61. The molecule has 0 saturated heterocycles. The van der Waals surface area contributed by atoms with Gasteiger partial charge >= 0.3 is 19.8 Å². The van der Waals surface area contributed by atoms with Gasteiger partial charge in [0.1, 0.15) is 19.8 Å². The van der Waals surface area contributed by atoms with E-state index in [4.69, 9.17) is 18.5 Å². The molecule has 0 fully saturated rings. The van der Waals surface area contributed by atoms with E-state index < -0.39 is 26.5 Å². The Morgan fingerprint density at radius 1 is 0.369 bits per heavy atom. The number of carbonyl (C=O) groups is 2. The molecule has 0 spiro atoms. The van der Waals surface area contributed by atoms with E-state index in [0.29, 0.717) is 17.4 Å². The molecule has 492 valence electrons. The third-order valence-corrected chi connectivity index (χ3v) is 17.0. The highest BCUT2D eigenvalue weighted by atomic mass is 31.2. The van der Waals surface area contributed by atoms with Gasteiger partial charge in [0.25, 0.3) is 0 Å². The second kappa shape index (κ2) is 65.2. The number of carbonyl (C=O) groups excluding carboxylic acids is 2. The van der Waals surface area contributed by atoms with Crippen LogP contribution in [0.4, 0.5) is 0 Å². The lowest BCUT2D eigenvalue weighted by molar-refractivity contribution is -0.870. The minimum atomic E-state index is -4.39. The number of likely N-dealkylation sites (N-methyl/N-ethyl adjacent to an activating group) is 1. The van der Waals surface area contributed by atoms with Gasteiger partial charge in [0.2, 0.25) is 0 Å². The monoisotopic (exact) mass is 1200 g/mol. The molecule has 0 saturated carbocycles. The van der Waals surface area contributed by atoms with Gasteiger partial charge in [-0.05, 0) is 83.5 Å². The minimum absolute atomic E-state index is 0.0290. The Bertz CT molecular complexity index is 1600. The molecule has 0 aliphatic heterocycles. The summed E-state index contributed by atoms with van der Waals surface area (Å²) in [5.41, 5.74) is 0. The van der Waals surface area contributed by atoms with Crippen molar-refractivity contribution in [3.05, 3.63) is 60.8 Å². The molecular formula is C74H139NO8P+. The lowest BCUT2D eigenvalue weighted by atomic mass is 10.0. The van der Waals surface area contributed by atoms with Gasteiger partial charge in [0, 0.05) is 12.8 Å². The lowest BCUT2D eigenvalue weighted by Crippen LogP contribution is -2.37. The number of nitrogens with zero attached hydrogens (tertiary/aromatic N) is 1. The zero-order valence-corrected chi connectivity index (χ0v) is 57.0. The molecule has 0 aliphatic carbocycles. The molecule has 0 aromatic heterocycles. The third-order valence-electron chi connectivity index (χ3n) is 16.0. The Morgan fingerprint density at radius 3 is 0.952 bits per heavy atom. The van der Waals surface area contributed by atoms with Crippen LogP contribution in [0.1, 0.15) is 348 Å². The maximum Gasteiger partial charge on any atom is 0.472 e. The molecule has 0 bridgehead atoms. The quantitative estimate of drug-likeness (QED) is 0.0211. The summed E-state index contributed by atoms with van der Waals surface area (Å²) >= 11 is 0. The van der Waals surface area contributed by atoms with Crippen molar-refractivity contribution in [3.63, 3.8) is 0 Å². The van der Waals surface area contributed by atoms with E-state index in [-0.39, 0.29) is 32.0 Å². The molecule has 0 rings (SSSR count). The number of phosphoric ester groups is 1. The smallest absolute Gasteiger partial charge is 0.462 e. The number of rotatable bonds is 67. The Morgan fingerprint density at radius 2 is 0.643 bits per heavy atom. The number of allylic oxidation sites excluding steroid dienone is 10. The van der Waals surface area contributed by atoms with E-state index in [1.165, 1.54) is 238 Å². The number of hydrogen-bond donors (Lipinski definition) is 1. The Labute approximate surface area is 521 Å². The van der Waals surface area contributed by atoms with E-state index in [1.54, 1.807) is 0 Å². The van der Waals surface area contributed by atoms with Crippen LogP contribution < -0.4 is 0 Å². The number of esters is 2. The first-order valence-electron chi connectivity index (χ1n) is 36.0. The fourth-order valence-electron chi connectivity index (χ4n) is 10.5. The molecule has 0 radical (unpaired) electrons. The molecule has 0 aromatic rings. The minimum Gasteiger partial charge on any atom is -0.462 e. The maximum atomic E-state index is 12.8. The summed E-state index contributed by atoms with van der Waals surface area (Å²) in [4.78, 5) is 35.8. The van der Waals surface area contributed by atoms with E-state index >= 15 is 0 Å². The van der Waals surface area contributed by atoms with Crippen LogP contribution in [0.15, 0.2) is 60.8 Å². The summed E-state index contributed by atoms with van der Waals surface area (Å²) in [5.74, 6) is -0.798. The zero-order chi connectivity index (χ0) is 61.2. The van der Waals surface area contributed by atoms with E-state index in [9.17, 15) is 19.0 Å². The molecular weight excluding hydrogens is 1060 g/mol. The topological polar surface area (TPSA) is 108 Å². The van der Waals surface area contributed by atoms with Gasteiger partial charge in [-0.15, -0.1) is 0 Å². The van der Waals surface area contributed by atoms with Crippen molar-refractivity contribution >= 4 is 19.8 Å². The van der Waals surface area contributed by atoms with Gasteiger partial charge in [-0.1, -0.05) is 312 Å². The summed E-state index contributed by atoms with van der Waals surface area (Å²) in [6, 6.07) is 0. The van der Waals surface area contributed by atoms with Crippen LogP contribution in [0, 0.1) is 0 Å². The predicted molar refractivity (Wildman–Crippen MR) is 363 cm³/mol. The highest BCUT2D eigenvalue weighted by Gasteiger charge is 2.27. The van der Waals surface area contributed by atoms with Crippen LogP contribution in [0.2, 0.25) is 0 Å². The predicted octanol–water partition coefficient (Wildman–Crippen LogP) is 23.4. The van der Waals surface area contributed by atoms with E-state index in [2.05, 4.69) is 74.6 Å². The molecule has 2 atom stereocenters. The summed E-state index contributed by atoms with van der Waals surface area (Å²) < 4.78 is 34.7. The summed E-state index contributed by atoms with van der Waals surface area (Å²) in [6.07, 6.45) is 86.3. The van der Waals surface area contributed by atoms with Gasteiger partial charge in [-0.3, -0.25) is 18.6 Å². The van der Waals surface area contributed by atoms with Gasteiger partial charge in [0.05, 0.1) is 27.7 Å². The Kier molecular flexibility index (Phi) is 63.4. The van der Waals surface area contributed by atoms with Crippen LogP contribution in [0.3, 0.4) is 0 Å². The van der Waals surface area contributed by atoms with Gasteiger partial charge < -0.3 is 18.9 Å². The highest BCUT2D eigenvalue weighted by molar-refractivity contribution is 7.47. The van der Waals surface area contributed by atoms with Crippen LogP contribution in [0.5, 0.6) is 0 Å². The van der Waals surface area contributed by atoms with Crippen LogP contribution in [0.25, 0.3) is 0 Å². The van der Waals surface area contributed by atoms with Crippen molar-refractivity contribution in [2.45, 2.75) is 354 Å². The Hall–Kier alpha value is -2.29. The first kappa shape index (κ1) is 81.7. The largest absolute Gasteiger partial charge is 0.472 e. The molecule has 2 unspecified atom stereocenters. The fourth-order valence-corrected chi connectivity index (χ4v) is 11.2. The van der Waals surface area contributed by atoms with Crippen LogP contribution in [-0.4, -0.2) is 74.9 Å². The first-order chi connectivity index (χ1) is 41.0. The van der Waals surface area contributed by atoms with Crippen molar-refractivity contribution in [1.82, 2.24) is 0 Å². The van der Waals surface area contributed by atoms with Gasteiger partial charge in [-0.2, -0.15) is 0 Å². The van der Waals surface area contributed by atoms with E-state index in [0.717, 1.165) is 77.0 Å². The lowest BCUT2D eigenvalue weighted by Gasteiger charge is -2.24. The number of hydrogen-bond acceptors (Lipinski definition) is 7. The average molecular weight is 1200 g/mol. The van der Waals surface area contributed by atoms with Crippen LogP contribution >= 0.6 is 7.82 Å². The van der Waals surface area contributed by atoms with Crippen molar-refractivity contribution in [1.29, 1.82) is 0 Å². The molecule has 10 heteroatoms. The first-order valence-corrected chi connectivity index (χ1v) is 37.5. The molecule has 84 heavy (non-hydrogen) atoms. The fraction of sp³-hybridized carbons (Fsp3) is 0.838. The molecule has 0 aliphatic rings. The SMILES string of the molecule is CCCCCCC/C=C\C/C=C\C/C=C\CCCCCCCCC(=O)OC(COC(=O)CCCCCCCCCCCCCCCCCCCCCCCCCCCCC/C=C\C/C=C\CCCCCCC)COP(=O)(O)OCC[N+](C)(C)C. The molecule has 0 amide bonds. The summed E-state index contributed by atoms with van der Waals surface area (Å²) in [5, 5.41) is 0. The van der Waals surface area contributed by atoms with Crippen molar-refractivity contribution in [3.8, 4) is 0 Å². The van der Waals surface area contributed by atoms with E-state index in [1.807, 2.05) is 21.1 Å². The highest BCUT2D eigenvalue weighted by Crippen LogP contribution is 2.43. The maximum absolute atomic E-state index is 12.8. The van der Waals surface area contributed by atoms with Gasteiger partial charge in [0.15, 0.2) is 6.10 Å². The van der Waals surface area contributed by atoms with Crippen molar-refractivity contribution in [2.75, 3.05) is 47.5 Å². The van der Waals surface area contributed by atoms with Crippen LogP contribution in [-0.2, 0) is 32.7 Å². The number of unbranched alkanes of at least 4 members (excludes halogenated alkanes) is 43. The van der Waals surface area contributed by atoms with Gasteiger partial charge in [-0.25, -0.2) is 4.57 Å². The summed E-state index contributed by atoms with van der Waals surface area (Å²) in [6.45, 7) is 4.44. The number of quaternary nitrogens is 1. The number of ether oxygens (including phenoxy) is 2. The van der Waals surface area contributed by atoms with Crippen molar-refractivity contribution < 1.29 is 42.1 Å². The third kappa shape index (κ3) is 68.8. The zero-order valence-electron chi connectivity index (χ0n) is 56.1. The normalized spacial score (nSPS) is 13.5. The summed E-state index contributed by atoms with van der Waals surface area (Å²) in [7, 11) is 1.48. The number of phosphoric acid groups is 1. The second-order valence-corrected chi connectivity index (χ2v) is 27.1. The van der Waals surface area contributed by atoms with Crippen molar-refractivity contribution in [2.24, 2.45) is 0 Å². The Balaban J connectivity index is 3.92. The molecule has 9 nitrogen and oxygen atoms in total. The molecule has 1 N–H and O–H groups in total. The second-order valence-electron chi connectivity index (χ2n) is 25.6. The standard InChI is InChI=1S/C74H138NO8P/c1-6-8-10-12-14-16-18-20-22-24-26-28-29-30-31-32-33-34-35-36-37-38-39-40-41-42-43-44-45-47-48-50-52-54-56-58-60-62-64-66-73(76)80-70-72(71-82-84(78,79)81-69-68-75(3,4)5)83-74(77)67-65-63-61-59-57-55-53-51-49-46-27-25-23-21-19-17-15-13-11-9-7-2/h18-21,24-27,49,51,72H,6-17,22-23,28-48,50,52-71H2,1-5H3/p+1/b20-18-,21-19-,26-24-,27-25-,51-49-. The molecule has 0 aromatic carbocycles.